The number of anilines is 1. The summed E-state index contributed by atoms with van der Waals surface area (Å²) < 4.78 is 41.3. The molecule has 1 N–H and O–H groups in total. The molecular formula is C12H8ClFN6O2S. The monoisotopic (exact) mass is 354 g/mol. The van der Waals surface area contributed by atoms with Gasteiger partial charge in [0.05, 0.1) is 9.92 Å². The minimum Gasteiger partial charge on any atom is -0.263 e. The summed E-state index contributed by atoms with van der Waals surface area (Å²) in [5.74, 6) is -0.362. The van der Waals surface area contributed by atoms with E-state index in [0.717, 1.165) is 18.2 Å². The van der Waals surface area contributed by atoms with Crippen molar-refractivity contribution in [1.82, 2.24) is 24.7 Å². The number of sulfonamides is 1. The summed E-state index contributed by atoms with van der Waals surface area (Å²) in [6.45, 7) is 0. The SMILES string of the molecule is O=S(=O)(Nc1cc(-n2cncn2)ncn1)c1ccc(F)c(Cl)c1. The average Bonchev–Trinajstić information content (AvgIpc) is 3.04. The molecule has 0 saturated heterocycles. The van der Waals surface area contributed by atoms with Crippen LogP contribution in [0.4, 0.5) is 10.2 Å². The first-order valence-electron chi connectivity index (χ1n) is 6.10. The zero-order valence-corrected chi connectivity index (χ0v) is 12.8. The van der Waals surface area contributed by atoms with Crippen molar-refractivity contribution in [3.8, 4) is 5.82 Å². The van der Waals surface area contributed by atoms with Crippen LogP contribution in [0.3, 0.4) is 0 Å². The van der Waals surface area contributed by atoms with Gasteiger partial charge in [0.15, 0.2) is 5.82 Å². The Kier molecular flexibility index (Phi) is 3.92. The van der Waals surface area contributed by atoms with Crippen LogP contribution in [0.5, 0.6) is 0 Å². The molecule has 1 aromatic carbocycles. The maximum atomic E-state index is 13.1. The van der Waals surface area contributed by atoms with E-state index in [4.69, 9.17) is 11.6 Å². The third-order valence-corrected chi connectivity index (χ3v) is 4.39. The third-order valence-electron chi connectivity index (χ3n) is 2.75. The van der Waals surface area contributed by atoms with E-state index in [2.05, 4.69) is 24.8 Å². The lowest BCUT2D eigenvalue weighted by Crippen LogP contribution is -2.14. The van der Waals surface area contributed by atoms with E-state index in [1.807, 2.05) is 0 Å². The summed E-state index contributed by atoms with van der Waals surface area (Å²) in [7, 11) is -3.97. The number of rotatable bonds is 4. The van der Waals surface area contributed by atoms with E-state index in [9.17, 15) is 12.8 Å². The molecule has 0 fully saturated rings. The number of aromatic nitrogens is 5. The van der Waals surface area contributed by atoms with Gasteiger partial charge in [-0.1, -0.05) is 11.6 Å². The Morgan fingerprint density at radius 1 is 1.17 bits per heavy atom. The zero-order valence-electron chi connectivity index (χ0n) is 11.3. The molecule has 0 saturated carbocycles. The zero-order chi connectivity index (χ0) is 16.4. The standard InChI is InChI=1S/C12H8ClFN6O2S/c13-9-3-8(1-2-10(9)14)23(21,22)19-11-4-12(17-6-16-11)20-7-15-5-18-20/h1-7H,(H,16,17,19). The van der Waals surface area contributed by atoms with Crippen molar-refractivity contribution in [2.75, 3.05) is 4.72 Å². The van der Waals surface area contributed by atoms with Crippen LogP contribution in [0.25, 0.3) is 5.82 Å². The smallest absolute Gasteiger partial charge is 0.263 e. The molecule has 2 aromatic heterocycles. The van der Waals surface area contributed by atoms with Gasteiger partial charge in [0.1, 0.15) is 30.6 Å². The van der Waals surface area contributed by atoms with Crippen LogP contribution < -0.4 is 4.72 Å². The molecule has 0 unspecified atom stereocenters. The largest absolute Gasteiger partial charge is 0.263 e. The summed E-state index contributed by atoms with van der Waals surface area (Å²) in [6.07, 6.45) is 3.89. The number of halogens is 2. The van der Waals surface area contributed by atoms with Crippen molar-refractivity contribution in [1.29, 1.82) is 0 Å². The molecule has 0 radical (unpaired) electrons. The van der Waals surface area contributed by atoms with Crippen molar-refractivity contribution in [2.24, 2.45) is 0 Å². The molecule has 3 aromatic rings. The van der Waals surface area contributed by atoms with Crippen LogP contribution >= 0.6 is 11.6 Å². The fourth-order valence-electron chi connectivity index (χ4n) is 1.70. The molecule has 0 spiro atoms. The number of nitrogens with one attached hydrogen (secondary N) is 1. The average molecular weight is 355 g/mol. The summed E-state index contributed by atoms with van der Waals surface area (Å²) in [5.41, 5.74) is 0. The first kappa shape index (κ1) is 15.3. The molecule has 11 heteroatoms. The minimum atomic E-state index is -3.97. The van der Waals surface area contributed by atoms with Gasteiger partial charge in [0.2, 0.25) is 0 Å². The highest BCUT2D eigenvalue weighted by Gasteiger charge is 2.17. The molecule has 23 heavy (non-hydrogen) atoms. The molecule has 118 valence electrons. The Hall–Kier alpha value is -2.59. The van der Waals surface area contributed by atoms with Crippen molar-refractivity contribution in [3.63, 3.8) is 0 Å². The summed E-state index contributed by atoms with van der Waals surface area (Å²) in [4.78, 5) is 11.4. The van der Waals surface area contributed by atoms with Crippen molar-refractivity contribution >= 4 is 27.4 Å². The Bertz CT molecular complexity index is 948. The topological polar surface area (TPSA) is 103 Å². The van der Waals surface area contributed by atoms with Crippen LogP contribution in [-0.2, 0) is 10.0 Å². The van der Waals surface area contributed by atoms with Crippen LogP contribution in [0.1, 0.15) is 0 Å². The van der Waals surface area contributed by atoms with Gasteiger partial charge in [0, 0.05) is 6.07 Å². The molecule has 0 amide bonds. The first-order chi connectivity index (χ1) is 11.0. The second-order valence-electron chi connectivity index (χ2n) is 4.28. The second kappa shape index (κ2) is 5.89. The number of nitrogens with zero attached hydrogens (tertiary/aromatic N) is 5. The molecule has 0 aliphatic carbocycles. The van der Waals surface area contributed by atoms with Gasteiger partial charge in [-0.05, 0) is 18.2 Å². The fourth-order valence-corrected chi connectivity index (χ4v) is 2.97. The molecule has 8 nitrogen and oxygen atoms in total. The van der Waals surface area contributed by atoms with Crippen LogP contribution in [0, 0.1) is 5.82 Å². The van der Waals surface area contributed by atoms with Gasteiger partial charge in [-0.2, -0.15) is 5.10 Å². The fraction of sp³-hybridized carbons (Fsp3) is 0. The first-order valence-corrected chi connectivity index (χ1v) is 7.97. The number of hydrogen-bond acceptors (Lipinski definition) is 6. The highest BCUT2D eigenvalue weighted by Crippen LogP contribution is 2.21. The lowest BCUT2D eigenvalue weighted by atomic mass is 10.3. The molecular weight excluding hydrogens is 347 g/mol. The van der Waals surface area contributed by atoms with Crippen LogP contribution in [0.2, 0.25) is 5.02 Å². The lowest BCUT2D eigenvalue weighted by molar-refractivity contribution is 0.599. The predicted molar refractivity (Wildman–Crippen MR) is 79.2 cm³/mol. The van der Waals surface area contributed by atoms with E-state index < -0.39 is 15.8 Å². The maximum absolute atomic E-state index is 13.1. The molecule has 0 aliphatic heterocycles. The molecule has 0 aliphatic rings. The minimum absolute atomic E-state index is 0.0194. The summed E-state index contributed by atoms with van der Waals surface area (Å²) >= 11 is 5.60. The van der Waals surface area contributed by atoms with E-state index in [1.165, 1.54) is 29.7 Å². The Balaban J connectivity index is 1.91. The van der Waals surface area contributed by atoms with Crippen molar-refractivity contribution in [3.05, 3.63) is 54.1 Å². The lowest BCUT2D eigenvalue weighted by Gasteiger charge is -2.08. The van der Waals surface area contributed by atoms with Crippen molar-refractivity contribution < 1.29 is 12.8 Å². The van der Waals surface area contributed by atoms with E-state index in [0.29, 0.717) is 5.82 Å². The quantitative estimate of drug-likeness (QED) is 0.764. The van der Waals surface area contributed by atoms with Gasteiger partial charge >= 0.3 is 0 Å². The van der Waals surface area contributed by atoms with Gasteiger partial charge in [0.25, 0.3) is 10.0 Å². The Morgan fingerprint density at radius 3 is 2.70 bits per heavy atom. The molecule has 0 atom stereocenters. The number of benzene rings is 1. The summed E-state index contributed by atoms with van der Waals surface area (Å²) in [5, 5.41) is 3.59. The van der Waals surface area contributed by atoms with E-state index in [-0.39, 0.29) is 15.7 Å². The normalized spacial score (nSPS) is 11.4. The number of hydrogen-bond donors (Lipinski definition) is 1. The highest BCUT2D eigenvalue weighted by molar-refractivity contribution is 7.92. The van der Waals surface area contributed by atoms with Crippen LogP contribution in [0.15, 0.2) is 48.1 Å². The van der Waals surface area contributed by atoms with Gasteiger partial charge in [-0.3, -0.25) is 4.72 Å². The van der Waals surface area contributed by atoms with Crippen molar-refractivity contribution in [2.45, 2.75) is 4.90 Å². The summed E-state index contributed by atoms with van der Waals surface area (Å²) in [6, 6.07) is 4.46. The van der Waals surface area contributed by atoms with E-state index >= 15 is 0 Å². The second-order valence-corrected chi connectivity index (χ2v) is 6.37. The van der Waals surface area contributed by atoms with Crippen LogP contribution in [-0.4, -0.2) is 33.2 Å². The highest BCUT2D eigenvalue weighted by atomic mass is 35.5. The molecule has 2 heterocycles. The molecule has 0 bridgehead atoms. The van der Waals surface area contributed by atoms with Gasteiger partial charge in [-0.15, -0.1) is 0 Å². The maximum Gasteiger partial charge on any atom is 0.263 e. The van der Waals surface area contributed by atoms with Gasteiger partial charge < -0.3 is 0 Å². The Labute approximate surface area is 135 Å². The Morgan fingerprint density at radius 2 is 2.00 bits per heavy atom. The third kappa shape index (κ3) is 3.27. The molecule has 3 rings (SSSR count). The predicted octanol–water partition coefficient (Wildman–Crippen LogP) is 1.65. The van der Waals surface area contributed by atoms with Gasteiger partial charge in [-0.25, -0.2) is 32.4 Å². The van der Waals surface area contributed by atoms with E-state index in [1.54, 1.807) is 0 Å².